The summed E-state index contributed by atoms with van der Waals surface area (Å²) in [6.45, 7) is 0. The molecule has 0 saturated heterocycles. The van der Waals surface area contributed by atoms with E-state index in [1.807, 2.05) is 66.7 Å². The van der Waals surface area contributed by atoms with E-state index in [0.717, 1.165) is 32.5 Å². The Bertz CT molecular complexity index is 960. The van der Waals surface area contributed by atoms with Crippen molar-refractivity contribution in [3.63, 3.8) is 0 Å². The molecular formula is C21H16ClNO2S. The highest BCUT2D eigenvalue weighted by Crippen LogP contribution is 2.36. The van der Waals surface area contributed by atoms with Gasteiger partial charge in [0.05, 0.1) is 11.3 Å². The predicted molar refractivity (Wildman–Crippen MR) is 106 cm³/mol. The SMILES string of the molecule is O=C1O[C@H](Nc2ccccc2SCc2ccccc2Cl)c2ccccc21. The highest BCUT2D eigenvalue weighted by molar-refractivity contribution is 7.98. The van der Waals surface area contributed by atoms with Crippen molar-refractivity contribution in [2.45, 2.75) is 16.9 Å². The third-order valence-electron chi connectivity index (χ3n) is 4.20. The van der Waals surface area contributed by atoms with Crippen LogP contribution in [0.4, 0.5) is 5.69 Å². The van der Waals surface area contributed by atoms with Crippen LogP contribution in [0.2, 0.25) is 5.02 Å². The van der Waals surface area contributed by atoms with Crippen molar-refractivity contribution in [1.29, 1.82) is 0 Å². The number of nitrogens with one attached hydrogen (secondary N) is 1. The van der Waals surface area contributed by atoms with E-state index in [-0.39, 0.29) is 5.97 Å². The zero-order chi connectivity index (χ0) is 17.9. The highest BCUT2D eigenvalue weighted by Gasteiger charge is 2.30. The summed E-state index contributed by atoms with van der Waals surface area (Å²) in [5.74, 6) is 0.471. The van der Waals surface area contributed by atoms with Gasteiger partial charge in [-0.2, -0.15) is 0 Å². The lowest BCUT2D eigenvalue weighted by molar-refractivity contribution is 0.0437. The molecule has 0 amide bonds. The molecule has 3 aromatic rings. The van der Waals surface area contributed by atoms with E-state index in [1.165, 1.54) is 0 Å². The van der Waals surface area contributed by atoms with Gasteiger partial charge in [0.15, 0.2) is 0 Å². The van der Waals surface area contributed by atoms with Crippen LogP contribution >= 0.6 is 23.4 Å². The number of thioether (sulfide) groups is 1. The number of para-hydroxylation sites is 1. The lowest BCUT2D eigenvalue weighted by atomic mass is 10.1. The van der Waals surface area contributed by atoms with E-state index in [1.54, 1.807) is 17.8 Å². The number of hydrogen-bond donors (Lipinski definition) is 1. The number of carbonyl (C=O) groups excluding carboxylic acids is 1. The second-order valence-corrected chi connectivity index (χ2v) is 7.32. The fourth-order valence-electron chi connectivity index (χ4n) is 2.88. The van der Waals surface area contributed by atoms with Crippen LogP contribution in [0.1, 0.15) is 27.7 Å². The summed E-state index contributed by atoms with van der Waals surface area (Å²) >= 11 is 7.95. The highest BCUT2D eigenvalue weighted by atomic mass is 35.5. The molecule has 0 fully saturated rings. The summed E-state index contributed by atoms with van der Waals surface area (Å²) in [6.07, 6.45) is -0.472. The fourth-order valence-corrected chi connectivity index (χ4v) is 4.18. The summed E-state index contributed by atoms with van der Waals surface area (Å²) < 4.78 is 5.49. The largest absolute Gasteiger partial charge is 0.434 e. The van der Waals surface area contributed by atoms with Gasteiger partial charge in [0, 0.05) is 21.2 Å². The molecule has 0 saturated carbocycles. The minimum absolute atomic E-state index is 0.292. The number of anilines is 1. The van der Waals surface area contributed by atoms with Crippen LogP contribution in [0.25, 0.3) is 0 Å². The molecule has 0 unspecified atom stereocenters. The number of hydrogen-bond acceptors (Lipinski definition) is 4. The molecule has 26 heavy (non-hydrogen) atoms. The van der Waals surface area contributed by atoms with Gasteiger partial charge in [-0.25, -0.2) is 4.79 Å². The minimum Gasteiger partial charge on any atom is -0.434 e. The second kappa shape index (κ2) is 7.44. The first-order chi connectivity index (χ1) is 12.7. The van der Waals surface area contributed by atoms with Crippen LogP contribution in [0.5, 0.6) is 0 Å². The Kier molecular flexibility index (Phi) is 4.87. The molecule has 1 aliphatic rings. The Morgan fingerprint density at radius 2 is 1.69 bits per heavy atom. The molecule has 1 aliphatic heterocycles. The zero-order valence-electron chi connectivity index (χ0n) is 13.8. The maximum atomic E-state index is 12.0. The smallest absolute Gasteiger partial charge is 0.340 e. The van der Waals surface area contributed by atoms with Crippen molar-refractivity contribution in [3.05, 3.63) is 94.5 Å². The summed E-state index contributed by atoms with van der Waals surface area (Å²) in [6, 6.07) is 23.3. The van der Waals surface area contributed by atoms with Crippen LogP contribution in [0.3, 0.4) is 0 Å². The minimum atomic E-state index is -0.472. The molecule has 0 radical (unpaired) electrons. The van der Waals surface area contributed by atoms with E-state index >= 15 is 0 Å². The van der Waals surface area contributed by atoms with Crippen molar-refractivity contribution in [3.8, 4) is 0 Å². The van der Waals surface area contributed by atoms with Crippen molar-refractivity contribution < 1.29 is 9.53 Å². The maximum Gasteiger partial charge on any atom is 0.340 e. The first-order valence-corrected chi connectivity index (χ1v) is 9.60. The average Bonchev–Trinajstić information content (AvgIpc) is 2.98. The molecule has 1 N–H and O–H groups in total. The van der Waals surface area contributed by atoms with Gasteiger partial charge in [-0.1, -0.05) is 60.1 Å². The van der Waals surface area contributed by atoms with E-state index in [2.05, 4.69) is 5.32 Å². The standard InChI is InChI=1S/C21H16ClNO2S/c22-17-10-4-1-7-14(17)13-26-19-12-6-5-11-18(19)23-20-15-8-2-3-9-16(15)21(24)25-20/h1-12,20,23H,13H2/t20-/m0/s1. The summed E-state index contributed by atoms with van der Waals surface area (Å²) in [7, 11) is 0. The van der Waals surface area contributed by atoms with Gasteiger partial charge >= 0.3 is 5.97 Å². The van der Waals surface area contributed by atoms with E-state index in [0.29, 0.717) is 5.56 Å². The fraction of sp³-hybridized carbons (Fsp3) is 0.0952. The molecule has 0 aliphatic carbocycles. The number of rotatable bonds is 5. The molecule has 0 aromatic heterocycles. The maximum absolute atomic E-state index is 12.0. The van der Waals surface area contributed by atoms with E-state index < -0.39 is 6.23 Å². The van der Waals surface area contributed by atoms with Gasteiger partial charge in [-0.15, -0.1) is 11.8 Å². The van der Waals surface area contributed by atoms with Crippen LogP contribution in [-0.4, -0.2) is 5.97 Å². The van der Waals surface area contributed by atoms with Gasteiger partial charge in [-0.05, 0) is 29.8 Å². The molecule has 5 heteroatoms. The molecule has 0 spiro atoms. The van der Waals surface area contributed by atoms with Crippen LogP contribution in [0.15, 0.2) is 77.7 Å². The number of halogens is 1. The van der Waals surface area contributed by atoms with Gasteiger partial charge in [-0.3, -0.25) is 0 Å². The first-order valence-electron chi connectivity index (χ1n) is 8.24. The van der Waals surface area contributed by atoms with Crippen molar-refractivity contribution in [1.82, 2.24) is 0 Å². The molecular weight excluding hydrogens is 366 g/mol. The van der Waals surface area contributed by atoms with Crippen LogP contribution in [-0.2, 0) is 10.5 Å². The van der Waals surface area contributed by atoms with Crippen LogP contribution < -0.4 is 5.32 Å². The van der Waals surface area contributed by atoms with Gasteiger partial charge in [0.2, 0.25) is 6.23 Å². The molecule has 1 atom stereocenters. The Balaban J connectivity index is 1.54. The van der Waals surface area contributed by atoms with Crippen LogP contribution in [0, 0.1) is 0 Å². The predicted octanol–water partition coefficient (Wildman–Crippen LogP) is 5.91. The van der Waals surface area contributed by atoms with Crippen molar-refractivity contribution in [2.24, 2.45) is 0 Å². The number of ether oxygens (including phenoxy) is 1. The normalized spacial score (nSPS) is 15.4. The van der Waals surface area contributed by atoms with Crippen molar-refractivity contribution >= 4 is 35.0 Å². The summed E-state index contributed by atoms with van der Waals surface area (Å²) in [4.78, 5) is 13.1. The molecule has 130 valence electrons. The molecule has 1 heterocycles. The molecule has 0 bridgehead atoms. The summed E-state index contributed by atoms with van der Waals surface area (Å²) in [5.41, 5.74) is 3.50. The lowest BCUT2D eigenvalue weighted by Gasteiger charge is -2.17. The Labute approximate surface area is 161 Å². The zero-order valence-corrected chi connectivity index (χ0v) is 15.4. The van der Waals surface area contributed by atoms with Gasteiger partial charge in [0.1, 0.15) is 0 Å². The van der Waals surface area contributed by atoms with Gasteiger partial charge in [0.25, 0.3) is 0 Å². The first kappa shape index (κ1) is 17.0. The van der Waals surface area contributed by atoms with E-state index in [4.69, 9.17) is 16.3 Å². The topological polar surface area (TPSA) is 38.3 Å². The number of carbonyl (C=O) groups is 1. The molecule has 3 aromatic carbocycles. The second-order valence-electron chi connectivity index (χ2n) is 5.89. The Hall–Kier alpha value is -2.43. The summed E-state index contributed by atoms with van der Waals surface area (Å²) in [5, 5.41) is 4.12. The third-order valence-corrected chi connectivity index (χ3v) is 5.69. The molecule has 3 nitrogen and oxygen atoms in total. The average molecular weight is 382 g/mol. The number of fused-ring (bicyclic) bond motifs is 1. The van der Waals surface area contributed by atoms with Crippen molar-refractivity contribution in [2.75, 3.05) is 5.32 Å². The quantitative estimate of drug-likeness (QED) is 0.440. The Morgan fingerprint density at radius 1 is 0.962 bits per heavy atom. The number of esters is 1. The monoisotopic (exact) mass is 381 g/mol. The number of benzene rings is 3. The Morgan fingerprint density at radius 3 is 2.58 bits per heavy atom. The van der Waals surface area contributed by atoms with E-state index in [9.17, 15) is 4.79 Å². The lowest BCUT2D eigenvalue weighted by Crippen LogP contribution is -2.10. The third kappa shape index (κ3) is 3.43. The molecule has 4 rings (SSSR count). The van der Waals surface area contributed by atoms with Gasteiger partial charge < -0.3 is 10.1 Å². The number of cyclic esters (lactones) is 1.